The van der Waals surface area contributed by atoms with Crippen LogP contribution in [0.4, 0.5) is 0 Å². The lowest BCUT2D eigenvalue weighted by molar-refractivity contribution is -0.161. The van der Waals surface area contributed by atoms with Gasteiger partial charge in [-0.25, -0.2) is 9.13 Å². The fourth-order valence-electron chi connectivity index (χ4n) is 9.77. The summed E-state index contributed by atoms with van der Waals surface area (Å²) in [6.07, 6.45) is 39.1. The molecular formula is C66H128O17P2. The Morgan fingerprint density at radius 3 is 0.894 bits per heavy atom. The Kier molecular flexibility index (Phi) is 55.9. The van der Waals surface area contributed by atoms with Gasteiger partial charge in [-0.2, -0.15) is 0 Å². The molecular weight excluding hydrogens is 1130 g/mol. The number of phosphoric ester groups is 2. The van der Waals surface area contributed by atoms with Crippen LogP contribution in [-0.2, 0) is 65.4 Å². The van der Waals surface area contributed by atoms with Gasteiger partial charge in [0.25, 0.3) is 0 Å². The van der Waals surface area contributed by atoms with Gasteiger partial charge in [0.05, 0.1) is 26.4 Å². The Balaban J connectivity index is 5.19. The van der Waals surface area contributed by atoms with E-state index < -0.39 is 97.5 Å². The van der Waals surface area contributed by atoms with E-state index in [-0.39, 0.29) is 25.7 Å². The van der Waals surface area contributed by atoms with Crippen molar-refractivity contribution in [3.63, 3.8) is 0 Å². The standard InChI is InChI=1S/C66H128O17P2/c1-8-11-12-30-40-47-63(68)76-53-61(82-66(71)50-43-36-29-23-17-18-24-31-37-44-57(4)5)55-80-84(72,73)78-51-60(67)52-79-85(74,75)81-56-62(83-65(70)49-42-35-28-22-16-14-20-26-33-39-46-59(7)10-3)54-77-64(69)48-41-34-27-21-15-13-19-25-32-38-45-58(6)9-2/h57-62,67H,8-56H2,1-7H3,(H,72,73)(H,74,75)/t58?,59?,60-,61+,62+/m0/s1. The predicted octanol–water partition coefficient (Wildman–Crippen LogP) is 18.3. The number of carbonyl (C=O) groups excluding carboxylic acids is 4. The molecule has 7 atom stereocenters. The van der Waals surface area contributed by atoms with E-state index in [1.807, 2.05) is 0 Å². The molecule has 17 nitrogen and oxygen atoms in total. The second kappa shape index (κ2) is 57.2. The number of aliphatic hydroxyl groups is 1. The minimum Gasteiger partial charge on any atom is -0.462 e. The smallest absolute Gasteiger partial charge is 0.462 e. The molecule has 0 aromatic carbocycles. The van der Waals surface area contributed by atoms with Crippen LogP contribution >= 0.6 is 15.6 Å². The molecule has 19 heteroatoms. The molecule has 0 spiro atoms. The zero-order valence-electron chi connectivity index (χ0n) is 55.1. The van der Waals surface area contributed by atoms with Gasteiger partial charge in [0.2, 0.25) is 0 Å². The summed E-state index contributed by atoms with van der Waals surface area (Å²) >= 11 is 0. The fraction of sp³-hybridized carbons (Fsp3) is 0.939. The molecule has 0 aliphatic heterocycles. The first-order valence-corrected chi connectivity index (χ1v) is 37.4. The number of unbranched alkanes of at least 4 members (excludes halogenated alkanes) is 30. The van der Waals surface area contributed by atoms with E-state index >= 15 is 0 Å². The number of carbonyl (C=O) groups is 4. The molecule has 0 aliphatic rings. The molecule has 0 bridgehead atoms. The summed E-state index contributed by atoms with van der Waals surface area (Å²) in [4.78, 5) is 72.1. The number of phosphoric acid groups is 2. The first kappa shape index (κ1) is 83.1. The van der Waals surface area contributed by atoms with Gasteiger partial charge < -0.3 is 33.8 Å². The Bertz CT molecular complexity index is 1690. The van der Waals surface area contributed by atoms with Crippen molar-refractivity contribution >= 4 is 39.5 Å². The van der Waals surface area contributed by atoms with E-state index in [2.05, 4.69) is 48.5 Å². The van der Waals surface area contributed by atoms with Crippen molar-refractivity contribution in [2.45, 2.75) is 343 Å². The molecule has 0 saturated heterocycles. The number of hydrogen-bond donors (Lipinski definition) is 3. The molecule has 0 rings (SSSR count). The predicted molar refractivity (Wildman–Crippen MR) is 340 cm³/mol. The van der Waals surface area contributed by atoms with E-state index in [0.717, 1.165) is 114 Å². The number of rotatable bonds is 64. The number of ether oxygens (including phenoxy) is 4. The van der Waals surface area contributed by atoms with E-state index in [1.165, 1.54) is 128 Å². The average Bonchev–Trinajstić information content (AvgIpc) is 3.57. The van der Waals surface area contributed by atoms with Gasteiger partial charge in [-0.05, 0) is 43.4 Å². The molecule has 0 radical (unpaired) electrons. The summed E-state index contributed by atoms with van der Waals surface area (Å²) in [6, 6.07) is 0. The van der Waals surface area contributed by atoms with Gasteiger partial charge in [0.1, 0.15) is 19.3 Å². The third kappa shape index (κ3) is 58.2. The van der Waals surface area contributed by atoms with Crippen LogP contribution < -0.4 is 0 Å². The van der Waals surface area contributed by atoms with Gasteiger partial charge in [-0.1, -0.05) is 273 Å². The molecule has 0 fully saturated rings. The first-order chi connectivity index (χ1) is 40.8. The fourth-order valence-corrected chi connectivity index (χ4v) is 11.3. The molecule has 0 amide bonds. The highest BCUT2D eigenvalue weighted by Gasteiger charge is 2.30. The quantitative estimate of drug-likeness (QED) is 0.0222. The molecule has 0 heterocycles. The van der Waals surface area contributed by atoms with Gasteiger partial charge >= 0.3 is 39.5 Å². The molecule has 85 heavy (non-hydrogen) atoms. The first-order valence-electron chi connectivity index (χ1n) is 34.4. The van der Waals surface area contributed by atoms with E-state index in [0.29, 0.717) is 25.7 Å². The Hall–Kier alpha value is -1.94. The molecule has 3 N–H and O–H groups in total. The number of esters is 4. The van der Waals surface area contributed by atoms with Crippen LogP contribution in [-0.4, -0.2) is 96.7 Å². The van der Waals surface area contributed by atoms with Crippen molar-refractivity contribution in [1.82, 2.24) is 0 Å². The van der Waals surface area contributed by atoms with Gasteiger partial charge in [0.15, 0.2) is 12.2 Å². The number of hydrogen-bond acceptors (Lipinski definition) is 15. The Labute approximate surface area is 517 Å². The lowest BCUT2D eigenvalue weighted by Crippen LogP contribution is -2.30. The largest absolute Gasteiger partial charge is 0.472 e. The molecule has 4 unspecified atom stereocenters. The third-order valence-corrected chi connectivity index (χ3v) is 17.8. The van der Waals surface area contributed by atoms with Gasteiger partial charge in [-0.15, -0.1) is 0 Å². The lowest BCUT2D eigenvalue weighted by atomic mass is 9.99. The second-order valence-corrected chi connectivity index (χ2v) is 27.7. The van der Waals surface area contributed by atoms with Gasteiger partial charge in [0, 0.05) is 25.7 Å². The summed E-state index contributed by atoms with van der Waals surface area (Å²) in [5.41, 5.74) is 0. The van der Waals surface area contributed by atoms with Crippen molar-refractivity contribution in [3.05, 3.63) is 0 Å². The lowest BCUT2D eigenvalue weighted by Gasteiger charge is -2.21. The zero-order valence-corrected chi connectivity index (χ0v) is 56.9. The van der Waals surface area contributed by atoms with Gasteiger partial charge in [-0.3, -0.25) is 37.3 Å². The zero-order chi connectivity index (χ0) is 63.1. The highest BCUT2D eigenvalue weighted by Crippen LogP contribution is 2.45. The van der Waals surface area contributed by atoms with E-state index in [9.17, 15) is 43.2 Å². The molecule has 0 aromatic heterocycles. The van der Waals surface area contributed by atoms with Crippen molar-refractivity contribution < 1.29 is 80.2 Å². The third-order valence-electron chi connectivity index (χ3n) is 15.9. The summed E-state index contributed by atoms with van der Waals surface area (Å²) in [7, 11) is -9.89. The van der Waals surface area contributed by atoms with Crippen LogP contribution in [0.1, 0.15) is 325 Å². The summed E-state index contributed by atoms with van der Waals surface area (Å²) in [6.45, 7) is 11.8. The minimum atomic E-state index is -4.95. The summed E-state index contributed by atoms with van der Waals surface area (Å²) in [5, 5.41) is 10.5. The number of aliphatic hydroxyl groups excluding tert-OH is 1. The second-order valence-electron chi connectivity index (χ2n) is 24.8. The minimum absolute atomic E-state index is 0.104. The van der Waals surface area contributed by atoms with Crippen molar-refractivity contribution in [3.8, 4) is 0 Å². The topological polar surface area (TPSA) is 237 Å². The van der Waals surface area contributed by atoms with Crippen molar-refractivity contribution in [1.29, 1.82) is 0 Å². The van der Waals surface area contributed by atoms with E-state index in [4.69, 9.17) is 37.0 Å². The Morgan fingerprint density at radius 1 is 0.341 bits per heavy atom. The van der Waals surface area contributed by atoms with Crippen LogP contribution in [0.15, 0.2) is 0 Å². The monoisotopic (exact) mass is 1250 g/mol. The maximum absolute atomic E-state index is 13.0. The SMILES string of the molecule is CCCCCCCC(=O)OC[C@H](COP(=O)(O)OC[C@H](O)COP(=O)(O)OC[C@@H](COC(=O)CCCCCCCCCCCCC(C)CC)OC(=O)CCCCCCCCCCCCC(C)CC)OC(=O)CCCCCCCCCCCC(C)C. The highest BCUT2D eigenvalue weighted by atomic mass is 31.2. The molecule has 0 aromatic rings. The summed E-state index contributed by atoms with van der Waals surface area (Å²) < 4.78 is 67.9. The maximum atomic E-state index is 13.0. The van der Waals surface area contributed by atoms with Crippen LogP contribution in [0.5, 0.6) is 0 Å². The van der Waals surface area contributed by atoms with Crippen LogP contribution in [0.25, 0.3) is 0 Å². The van der Waals surface area contributed by atoms with E-state index in [1.54, 1.807) is 0 Å². The average molecular weight is 1260 g/mol. The molecule has 0 saturated carbocycles. The Morgan fingerprint density at radius 2 is 0.600 bits per heavy atom. The highest BCUT2D eigenvalue weighted by molar-refractivity contribution is 7.47. The maximum Gasteiger partial charge on any atom is 0.472 e. The van der Waals surface area contributed by atoms with Crippen LogP contribution in [0, 0.1) is 17.8 Å². The van der Waals surface area contributed by atoms with Crippen LogP contribution in [0.2, 0.25) is 0 Å². The molecule has 0 aliphatic carbocycles. The molecule has 504 valence electrons. The normalized spacial score (nSPS) is 15.0. The van der Waals surface area contributed by atoms with Crippen molar-refractivity contribution in [2.24, 2.45) is 17.8 Å². The summed E-state index contributed by atoms with van der Waals surface area (Å²) in [5.74, 6) is 0.206. The van der Waals surface area contributed by atoms with Crippen molar-refractivity contribution in [2.75, 3.05) is 39.6 Å². The van der Waals surface area contributed by atoms with Crippen LogP contribution in [0.3, 0.4) is 0 Å².